The van der Waals surface area contributed by atoms with Gasteiger partial charge in [-0.2, -0.15) is 8.78 Å². The van der Waals surface area contributed by atoms with E-state index in [0.717, 1.165) is 18.9 Å². The van der Waals surface area contributed by atoms with Gasteiger partial charge in [0.15, 0.2) is 11.6 Å². The fraction of sp³-hybridized carbons (Fsp3) is 0.300. The second-order valence-electron chi connectivity index (χ2n) is 6.57. The summed E-state index contributed by atoms with van der Waals surface area (Å²) in [6.45, 7) is -3.12. The first kappa shape index (κ1) is 20.6. The van der Waals surface area contributed by atoms with Gasteiger partial charge in [-0.05, 0) is 36.5 Å². The molecule has 9 heteroatoms. The molecule has 0 heterocycles. The van der Waals surface area contributed by atoms with Crippen molar-refractivity contribution < 1.29 is 31.9 Å². The van der Waals surface area contributed by atoms with Gasteiger partial charge in [0, 0.05) is 0 Å². The highest BCUT2D eigenvalue weighted by molar-refractivity contribution is 6.17. The van der Waals surface area contributed by atoms with E-state index in [9.17, 15) is 22.4 Å². The highest BCUT2D eigenvalue weighted by atomic mass is 19.3. The number of carbonyl (C=O) groups excluding carboxylic acids is 1. The molecule has 2 N–H and O–H groups in total. The van der Waals surface area contributed by atoms with Gasteiger partial charge in [0.2, 0.25) is 5.91 Å². The minimum atomic E-state index is -3.31. The SMILES string of the molecule is NC(=O)C(/C(=N\OCC1CC1)c1c(OC(F)F)ccc(F)c1F)c1ccccc1. The first-order valence-electron chi connectivity index (χ1n) is 8.85. The number of primary amides is 1. The Kier molecular flexibility index (Phi) is 6.36. The number of amides is 1. The lowest BCUT2D eigenvalue weighted by Gasteiger charge is -2.20. The van der Waals surface area contributed by atoms with Crippen LogP contribution in [0.15, 0.2) is 47.6 Å². The minimum Gasteiger partial charge on any atom is -0.434 e. The van der Waals surface area contributed by atoms with Crippen molar-refractivity contribution in [3.05, 3.63) is 65.2 Å². The number of oxime groups is 1. The van der Waals surface area contributed by atoms with Crippen LogP contribution in [-0.4, -0.2) is 24.8 Å². The summed E-state index contributed by atoms with van der Waals surface area (Å²) in [4.78, 5) is 17.5. The van der Waals surface area contributed by atoms with Crippen LogP contribution >= 0.6 is 0 Å². The molecule has 0 aromatic heterocycles. The monoisotopic (exact) mass is 410 g/mol. The maximum Gasteiger partial charge on any atom is 0.387 e. The van der Waals surface area contributed by atoms with Gasteiger partial charge in [-0.25, -0.2) is 8.78 Å². The lowest BCUT2D eigenvalue weighted by atomic mass is 9.88. The number of hydrogen-bond donors (Lipinski definition) is 1. The van der Waals surface area contributed by atoms with Gasteiger partial charge in [0.25, 0.3) is 0 Å². The van der Waals surface area contributed by atoms with E-state index >= 15 is 0 Å². The van der Waals surface area contributed by atoms with Crippen molar-refractivity contribution in [1.82, 2.24) is 0 Å². The van der Waals surface area contributed by atoms with Gasteiger partial charge in [-0.1, -0.05) is 35.5 Å². The van der Waals surface area contributed by atoms with E-state index in [2.05, 4.69) is 9.89 Å². The molecule has 1 fully saturated rings. The lowest BCUT2D eigenvalue weighted by molar-refractivity contribution is -0.118. The van der Waals surface area contributed by atoms with Gasteiger partial charge in [-0.15, -0.1) is 0 Å². The average molecular weight is 410 g/mol. The number of ether oxygens (including phenoxy) is 1. The third-order valence-electron chi connectivity index (χ3n) is 4.39. The minimum absolute atomic E-state index is 0.186. The van der Waals surface area contributed by atoms with Crippen LogP contribution in [0, 0.1) is 17.6 Å². The first-order chi connectivity index (χ1) is 13.9. The summed E-state index contributed by atoms with van der Waals surface area (Å²) in [5, 5.41) is 3.83. The Balaban J connectivity index is 2.15. The molecule has 3 rings (SSSR count). The van der Waals surface area contributed by atoms with E-state index in [1.54, 1.807) is 18.2 Å². The molecule has 1 aliphatic carbocycles. The number of nitrogens with zero attached hydrogens (tertiary/aromatic N) is 1. The molecule has 0 radical (unpaired) electrons. The van der Waals surface area contributed by atoms with Crippen molar-refractivity contribution in [3.63, 3.8) is 0 Å². The Morgan fingerprint density at radius 3 is 2.41 bits per heavy atom. The topological polar surface area (TPSA) is 73.9 Å². The molecule has 0 spiro atoms. The lowest BCUT2D eigenvalue weighted by Crippen LogP contribution is -2.30. The second-order valence-corrected chi connectivity index (χ2v) is 6.57. The Labute approximate surface area is 164 Å². The van der Waals surface area contributed by atoms with Gasteiger partial charge in [-0.3, -0.25) is 4.79 Å². The fourth-order valence-corrected chi connectivity index (χ4v) is 2.81. The molecule has 154 valence electrons. The van der Waals surface area contributed by atoms with Crippen LogP contribution in [0.25, 0.3) is 0 Å². The summed E-state index contributed by atoms with van der Waals surface area (Å²) in [7, 11) is 0. The molecule has 1 amide bonds. The zero-order valence-corrected chi connectivity index (χ0v) is 15.2. The molecule has 5 nitrogen and oxygen atoms in total. The zero-order valence-electron chi connectivity index (χ0n) is 15.2. The maximum atomic E-state index is 14.7. The number of rotatable bonds is 9. The number of carbonyl (C=O) groups is 1. The van der Waals surface area contributed by atoms with Crippen molar-refractivity contribution in [2.45, 2.75) is 25.4 Å². The molecule has 1 unspecified atom stereocenters. The number of hydrogen-bond acceptors (Lipinski definition) is 4. The normalized spacial score (nSPS) is 15.3. The summed E-state index contributed by atoms with van der Waals surface area (Å²) in [5.41, 5.74) is 4.63. The average Bonchev–Trinajstić information content (AvgIpc) is 3.49. The third kappa shape index (κ3) is 5.04. The van der Waals surface area contributed by atoms with E-state index in [1.165, 1.54) is 12.1 Å². The number of nitrogens with two attached hydrogens (primary N) is 1. The largest absolute Gasteiger partial charge is 0.434 e. The molecule has 29 heavy (non-hydrogen) atoms. The quantitative estimate of drug-likeness (QED) is 0.386. The molecule has 0 bridgehead atoms. The number of benzene rings is 2. The van der Waals surface area contributed by atoms with Crippen LogP contribution in [0.3, 0.4) is 0 Å². The van der Waals surface area contributed by atoms with E-state index < -0.39 is 47.1 Å². The van der Waals surface area contributed by atoms with Crippen molar-refractivity contribution in [3.8, 4) is 5.75 Å². The molecule has 1 saturated carbocycles. The molecule has 0 saturated heterocycles. The highest BCUT2D eigenvalue weighted by Crippen LogP contribution is 2.33. The van der Waals surface area contributed by atoms with Crippen molar-refractivity contribution in [2.75, 3.05) is 6.61 Å². The Morgan fingerprint density at radius 2 is 1.83 bits per heavy atom. The van der Waals surface area contributed by atoms with Gasteiger partial charge < -0.3 is 15.3 Å². The molecular formula is C20H18F4N2O3. The zero-order chi connectivity index (χ0) is 21.0. The Morgan fingerprint density at radius 1 is 1.14 bits per heavy atom. The number of alkyl halides is 2. The van der Waals surface area contributed by atoms with Crippen LogP contribution in [0.2, 0.25) is 0 Å². The fourth-order valence-electron chi connectivity index (χ4n) is 2.81. The number of halogens is 4. The maximum absolute atomic E-state index is 14.7. The Bertz CT molecular complexity index is 902. The second kappa shape index (κ2) is 8.93. The van der Waals surface area contributed by atoms with Gasteiger partial charge >= 0.3 is 6.61 Å². The predicted octanol–water partition coefficient (Wildman–Crippen LogP) is 3.97. The van der Waals surface area contributed by atoms with Crippen molar-refractivity contribution >= 4 is 11.6 Å². The van der Waals surface area contributed by atoms with Crippen LogP contribution in [0.4, 0.5) is 17.6 Å². The highest BCUT2D eigenvalue weighted by Gasteiger charge is 2.33. The molecule has 2 aromatic carbocycles. The standard InChI is InChI=1S/C20H18F4N2O3/c21-13-8-9-14(29-20(23)24)16(17(13)22)18(26-28-10-11-6-7-11)15(19(25)27)12-4-2-1-3-5-12/h1-5,8-9,11,15,20H,6-7,10H2,(H2,25,27)/b26-18+. The molecule has 1 atom stereocenters. The van der Waals surface area contributed by atoms with Crippen LogP contribution in [0.5, 0.6) is 5.75 Å². The van der Waals surface area contributed by atoms with Gasteiger partial charge in [0.1, 0.15) is 24.0 Å². The molecule has 1 aliphatic rings. The molecular weight excluding hydrogens is 392 g/mol. The summed E-state index contributed by atoms with van der Waals surface area (Å²) in [5.74, 6) is -5.58. The first-order valence-corrected chi connectivity index (χ1v) is 8.85. The third-order valence-corrected chi connectivity index (χ3v) is 4.39. The van der Waals surface area contributed by atoms with Crippen LogP contribution in [0.1, 0.15) is 29.9 Å². The Hall–Kier alpha value is -3.10. The molecule has 2 aromatic rings. The predicted molar refractivity (Wildman–Crippen MR) is 96.6 cm³/mol. The van der Waals surface area contributed by atoms with E-state index in [0.29, 0.717) is 11.6 Å². The summed E-state index contributed by atoms with van der Waals surface area (Å²) in [6.07, 6.45) is 1.85. The van der Waals surface area contributed by atoms with Crippen molar-refractivity contribution in [1.29, 1.82) is 0 Å². The van der Waals surface area contributed by atoms with E-state index in [1.807, 2.05) is 0 Å². The molecule has 0 aliphatic heterocycles. The van der Waals surface area contributed by atoms with E-state index in [-0.39, 0.29) is 12.5 Å². The smallest absolute Gasteiger partial charge is 0.387 e. The summed E-state index contributed by atoms with van der Waals surface area (Å²) in [6, 6.07) is 9.41. The van der Waals surface area contributed by atoms with Crippen LogP contribution < -0.4 is 10.5 Å². The summed E-state index contributed by atoms with van der Waals surface area (Å²) < 4.78 is 58.7. The van der Waals surface area contributed by atoms with Gasteiger partial charge in [0.05, 0.1) is 5.56 Å². The van der Waals surface area contributed by atoms with Crippen LogP contribution in [-0.2, 0) is 9.63 Å². The van der Waals surface area contributed by atoms with E-state index in [4.69, 9.17) is 10.6 Å². The van der Waals surface area contributed by atoms with Crippen molar-refractivity contribution in [2.24, 2.45) is 16.8 Å². The summed E-state index contributed by atoms with van der Waals surface area (Å²) >= 11 is 0.